The molecule has 110 valence electrons. The van der Waals surface area contributed by atoms with Crippen LogP contribution in [0.2, 0.25) is 0 Å². The Morgan fingerprint density at radius 3 is 2.75 bits per heavy atom. The number of hydrogen-bond acceptors (Lipinski definition) is 4. The van der Waals surface area contributed by atoms with Gasteiger partial charge >= 0.3 is 0 Å². The van der Waals surface area contributed by atoms with Crippen LogP contribution in [0.4, 0.5) is 0 Å². The molecule has 0 aliphatic heterocycles. The number of rotatable bonds is 5. The summed E-state index contributed by atoms with van der Waals surface area (Å²) in [5.74, 6) is 0.491. The second-order valence-corrected chi connectivity index (χ2v) is 6.95. The van der Waals surface area contributed by atoms with Crippen molar-refractivity contribution in [1.82, 2.24) is 9.55 Å². The highest BCUT2D eigenvalue weighted by Gasteiger charge is 2.12. The van der Waals surface area contributed by atoms with Gasteiger partial charge < -0.3 is 9.72 Å². The van der Waals surface area contributed by atoms with Gasteiger partial charge in [0.1, 0.15) is 4.83 Å². The maximum Gasteiger partial charge on any atom is 0.263 e. The molecule has 0 aliphatic rings. The number of thiophene rings is 1. The van der Waals surface area contributed by atoms with Crippen molar-refractivity contribution >= 4 is 33.8 Å². The number of aryl methyl sites for hydroxylation is 2. The lowest BCUT2D eigenvalue weighted by Gasteiger charge is -2.09. The molecule has 4 nitrogen and oxygen atoms in total. The first kappa shape index (κ1) is 15.4. The summed E-state index contributed by atoms with van der Waals surface area (Å²) in [5.41, 5.74) is 1.02. The Hall–Kier alpha value is -0.980. The van der Waals surface area contributed by atoms with E-state index in [1.807, 2.05) is 13.8 Å². The molecule has 2 aromatic heterocycles. The highest BCUT2D eigenvalue weighted by atomic mass is 32.1. The Kier molecular flexibility index (Phi) is 4.78. The van der Waals surface area contributed by atoms with Crippen molar-refractivity contribution in [2.45, 2.75) is 34.2 Å². The highest BCUT2D eigenvalue weighted by Crippen LogP contribution is 2.25. The predicted molar refractivity (Wildman–Crippen MR) is 86.4 cm³/mol. The lowest BCUT2D eigenvalue weighted by Crippen LogP contribution is -2.24. The van der Waals surface area contributed by atoms with Gasteiger partial charge in [-0.2, -0.15) is 0 Å². The van der Waals surface area contributed by atoms with E-state index >= 15 is 0 Å². The van der Waals surface area contributed by atoms with Crippen LogP contribution in [0, 0.1) is 24.5 Å². The second-order valence-electron chi connectivity index (χ2n) is 5.34. The molecule has 2 rings (SSSR count). The van der Waals surface area contributed by atoms with Gasteiger partial charge in [0, 0.05) is 11.5 Å². The fraction of sp³-hybridized carbons (Fsp3) is 0.571. The zero-order valence-corrected chi connectivity index (χ0v) is 13.9. The van der Waals surface area contributed by atoms with E-state index in [9.17, 15) is 4.79 Å². The minimum absolute atomic E-state index is 0.0150. The Labute approximate surface area is 127 Å². The van der Waals surface area contributed by atoms with Crippen LogP contribution in [-0.4, -0.2) is 22.8 Å². The normalized spacial score (nSPS) is 11.7. The van der Waals surface area contributed by atoms with Gasteiger partial charge in [0.15, 0.2) is 4.77 Å². The summed E-state index contributed by atoms with van der Waals surface area (Å²) in [5, 5.41) is 0.755. The Balaban J connectivity index is 2.32. The molecule has 2 heterocycles. The summed E-state index contributed by atoms with van der Waals surface area (Å²) >= 11 is 6.86. The lowest BCUT2D eigenvalue weighted by molar-refractivity contribution is 0.102. The van der Waals surface area contributed by atoms with E-state index in [-0.39, 0.29) is 5.56 Å². The van der Waals surface area contributed by atoms with E-state index in [0.29, 0.717) is 30.4 Å². The van der Waals surface area contributed by atoms with Gasteiger partial charge in [0.2, 0.25) is 0 Å². The van der Waals surface area contributed by atoms with Crippen LogP contribution >= 0.6 is 23.6 Å². The molecular formula is C14H20N2O2S2. The molecule has 6 heteroatoms. The van der Waals surface area contributed by atoms with Crippen molar-refractivity contribution in [3.8, 4) is 0 Å². The monoisotopic (exact) mass is 312 g/mol. The first-order chi connectivity index (χ1) is 9.41. The number of hydrogen-bond donors (Lipinski definition) is 1. The molecule has 0 radical (unpaired) electrons. The van der Waals surface area contributed by atoms with E-state index in [2.05, 4.69) is 18.8 Å². The summed E-state index contributed by atoms with van der Waals surface area (Å²) in [7, 11) is 0. The zero-order valence-electron chi connectivity index (χ0n) is 12.3. The van der Waals surface area contributed by atoms with E-state index < -0.39 is 0 Å². The molecule has 0 atom stereocenters. The maximum absolute atomic E-state index is 12.5. The molecule has 0 fully saturated rings. The van der Waals surface area contributed by atoms with Gasteiger partial charge in [0.25, 0.3) is 5.56 Å². The van der Waals surface area contributed by atoms with Gasteiger partial charge in [-0.15, -0.1) is 11.3 Å². The SMILES string of the molecule is Cc1sc2[nH]c(=S)n(CCOCC(C)C)c(=O)c2c1C. The van der Waals surface area contributed by atoms with Gasteiger partial charge in [-0.3, -0.25) is 9.36 Å². The molecular weight excluding hydrogens is 292 g/mol. The van der Waals surface area contributed by atoms with Crippen molar-refractivity contribution in [3.05, 3.63) is 25.6 Å². The highest BCUT2D eigenvalue weighted by molar-refractivity contribution is 7.71. The van der Waals surface area contributed by atoms with Crippen molar-refractivity contribution in [3.63, 3.8) is 0 Å². The van der Waals surface area contributed by atoms with Crippen LogP contribution in [0.1, 0.15) is 24.3 Å². The molecule has 0 unspecified atom stereocenters. The van der Waals surface area contributed by atoms with E-state index in [0.717, 1.165) is 20.7 Å². The van der Waals surface area contributed by atoms with Crippen LogP contribution in [0.5, 0.6) is 0 Å². The van der Waals surface area contributed by atoms with Gasteiger partial charge in [-0.25, -0.2) is 0 Å². The van der Waals surface area contributed by atoms with E-state index in [1.54, 1.807) is 15.9 Å². The fourth-order valence-corrected chi connectivity index (χ4v) is 3.43. The molecule has 20 heavy (non-hydrogen) atoms. The number of H-pyrrole nitrogens is 1. The zero-order chi connectivity index (χ0) is 14.9. The van der Waals surface area contributed by atoms with Crippen LogP contribution in [0.15, 0.2) is 4.79 Å². The molecule has 0 bridgehead atoms. The summed E-state index contributed by atoms with van der Waals surface area (Å²) in [6, 6.07) is 0. The van der Waals surface area contributed by atoms with Crippen molar-refractivity contribution in [2.75, 3.05) is 13.2 Å². The largest absolute Gasteiger partial charge is 0.379 e. The number of nitrogens with one attached hydrogen (secondary N) is 1. The summed E-state index contributed by atoms with van der Waals surface area (Å²) in [6.45, 7) is 9.89. The van der Waals surface area contributed by atoms with Crippen LogP contribution in [-0.2, 0) is 11.3 Å². The summed E-state index contributed by atoms with van der Waals surface area (Å²) < 4.78 is 7.60. The average Bonchev–Trinajstić information content (AvgIpc) is 2.63. The molecule has 0 aliphatic carbocycles. The average molecular weight is 312 g/mol. The maximum atomic E-state index is 12.5. The smallest absolute Gasteiger partial charge is 0.263 e. The Morgan fingerprint density at radius 1 is 1.40 bits per heavy atom. The first-order valence-electron chi connectivity index (χ1n) is 6.72. The Bertz CT molecular complexity index is 725. The van der Waals surface area contributed by atoms with Crippen molar-refractivity contribution in [1.29, 1.82) is 0 Å². The van der Waals surface area contributed by atoms with Crippen molar-refractivity contribution in [2.24, 2.45) is 5.92 Å². The van der Waals surface area contributed by atoms with Crippen LogP contribution in [0.3, 0.4) is 0 Å². The molecule has 0 saturated heterocycles. The predicted octanol–water partition coefficient (Wildman–Crippen LogP) is 3.41. The van der Waals surface area contributed by atoms with Crippen LogP contribution < -0.4 is 5.56 Å². The van der Waals surface area contributed by atoms with E-state index in [1.165, 1.54) is 0 Å². The molecule has 0 aromatic carbocycles. The lowest BCUT2D eigenvalue weighted by atomic mass is 10.2. The number of ether oxygens (including phenoxy) is 1. The third-order valence-corrected chi connectivity index (χ3v) is 4.67. The topological polar surface area (TPSA) is 47.0 Å². The quantitative estimate of drug-likeness (QED) is 0.680. The van der Waals surface area contributed by atoms with Gasteiger partial charge in [-0.1, -0.05) is 13.8 Å². The van der Waals surface area contributed by atoms with Crippen LogP contribution in [0.25, 0.3) is 10.2 Å². The molecule has 0 amide bonds. The van der Waals surface area contributed by atoms with Crippen molar-refractivity contribution < 1.29 is 4.74 Å². The second kappa shape index (κ2) is 6.20. The minimum atomic E-state index is -0.0150. The standard InChI is InChI=1S/C14H20N2O2S2/c1-8(2)7-18-6-5-16-13(17)11-9(3)10(4)20-12(11)15-14(16)19/h8H,5-7H2,1-4H3,(H,15,19). The molecule has 1 N–H and O–H groups in total. The summed E-state index contributed by atoms with van der Waals surface area (Å²) in [4.78, 5) is 17.7. The van der Waals surface area contributed by atoms with E-state index in [4.69, 9.17) is 17.0 Å². The molecule has 0 spiro atoms. The van der Waals surface area contributed by atoms with Gasteiger partial charge in [-0.05, 0) is 37.5 Å². The Morgan fingerprint density at radius 2 is 2.10 bits per heavy atom. The number of aromatic nitrogens is 2. The third kappa shape index (κ3) is 3.02. The summed E-state index contributed by atoms with van der Waals surface area (Å²) in [6.07, 6.45) is 0. The third-order valence-electron chi connectivity index (χ3n) is 3.22. The fourth-order valence-electron chi connectivity index (χ4n) is 2.04. The number of aromatic amines is 1. The minimum Gasteiger partial charge on any atom is -0.379 e. The molecule has 0 saturated carbocycles. The number of nitrogens with zero attached hydrogens (tertiary/aromatic N) is 1. The first-order valence-corrected chi connectivity index (χ1v) is 7.94. The van der Waals surface area contributed by atoms with Gasteiger partial charge in [0.05, 0.1) is 18.5 Å². The molecule has 2 aromatic rings. The number of fused-ring (bicyclic) bond motifs is 1.